The topological polar surface area (TPSA) is 303 Å². The molecule has 2 fully saturated rings. The number of nitrogens with two attached hydrogens (primary N) is 2. The molecule has 3 heterocycles. The number of aliphatic hydroxyl groups is 6. The van der Waals surface area contributed by atoms with Crippen LogP contribution in [0.3, 0.4) is 0 Å². The van der Waals surface area contributed by atoms with Crippen LogP contribution in [-0.4, -0.2) is 121 Å². The van der Waals surface area contributed by atoms with E-state index in [0.29, 0.717) is 0 Å². The van der Waals surface area contributed by atoms with E-state index in [0.717, 1.165) is 11.3 Å². The molecule has 12 atom stereocenters. The first kappa shape index (κ1) is 36.5. The van der Waals surface area contributed by atoms with Gasteiger partial charge in [0.05, 0.1) is 18.9 Å². The lowest BCUT2D eigenvalue weighted by molar-refractivity contribution is -0.292. The molecule has 2 aliphatic heterocycles. The highest BCUT2D eigenvalue weighted by molar-refractivity contribution is 8.08. The summed E-state index contributed by atoms with van der Waals surface area (Å²) in [6, 6.07) is 0. The van der Waals surface area contributed by atoms with Gasteiger partial charge in [0.2, 0.25) is 0 Å². The number of anilines is 1. The van der Waals surface area contributed by atoms with Crippen LogP contribution in [0.15, 0.2) is 18.0 Å². The Morgan fingerprint density at radius 2 is 1.91 bits per heavy atom. The molecule has 7 unspecified atom stereocenters. The fourth-order valence-corrected chi connectivity index (χ4v) is 8.67. The molecular weight excluding hydrogens is 662 g/mol. The lowest BCUT2D eigenvalue weighted by Crippen LogP contribution is -2.61. The minimum atomic E-state index is -5.50. The van der Waals surface area contributed by atoms with Crippen molar-refractivity contribution in [1.29, 1.82) is 0 Å². The number of primary amides is 1. The Labute approximate surface area is 253 Å². The van der Waals surface area contributed by atoms with Crippen LogP contribution in [0, 0.1) is 0 Å². The number of phosphoric acid groups is 1. The van der Waals surface area contributed by atoms with Gasteiger partial charge in [0.1, 0.15) is 58.8 Å². The number of hydrogen-bond acceptors (Lipinski definition) is 17. The molecule has 12 N–H and O–H groups in total. The fraction of sp³-hybridized carbons (Fsp3) is 0.667. The van der Waals surface area contributed by atoms with Crippen LogP contribution in [0.1, 0.15) is 28.3 Å². The van der Waals surface area contributed by atoms with Crippen molar-refractivity contribution in [3.63, 3.8) is 0 Å². The highest BCUT2D eigenvalue weighted by Gasteiger charge is 2.62. The van der Waals surface area contributed by atoms with Crippen LogP contribution < -0.4 is 11.5 Å². The molecule has 18 nitrogen and oxygen atoms in total. The summed E-state index contributed by atoms with van der Waals surface area (Å²) in [5, 5.41) is 61.8. The Morgan fingerprint density at radius 1 is 1.28 bits per heavy atom. The second kappa shape index (κ2) is 13.4. The molecule has 0 bridgehead atoms. The van der Waals surface area contributed by atoms with Crippen molar-refractivity contribution < 1.29 is 77.4 Å². The summed E-state index contributed by atoms with van der Waals surface area (Å²) >= 11 is 5.74. The maximum absolute atomic E-state index is 12.7. The lowest BCUT2D eigenvalue weighted by Gasteiger charge is -2.41. The third-order valence-corrected chi connectivity index (χ3v) is 11.5. The lowest BCUT2D eigenvalue weighted by atomic mass is 9.83. The highest BCUT2D eigenvalue weighted by Crippen LogP contribution is 2.62. The second-order valence-corrected chi connectivity index (χ2v) is 15.1. The molecular formula is C21H34N2O16P2S2. The van der Waals surface area contributed by atoms with Crippen molar-refractivity contribution in [2.75, 3.05) is 26.1 Å². The molecule has 1 amide bonds. The summed E-state index contributed by atoms with van der Waals surface area (Å²) in [6.07, 6.45) is -13.5. The van der Waals surface area contributed by atoms with Gasteiger partial charge < -0.3 is 70.6 Å². The average molecular weight is 697 g/mol. The summed E-state index contributed by atoms with van der Waals surface area (Å²) in [4.78, 5) is 32.5. The Kier molecular flexibility index (Phi) is 11.4. The van der Waals surface area contributed by atoms with Gasteiger partial charge in [0.25, 0.3) is 5.91 Å². The number of thiophene rings is 1. The van der Waals surface area contributed by atoms with Crippen LogP contribution in [0.2, 0.25) is 0 Å². The monoisotopic (exact) mass is 696 g/mol. The Balaban J connectivity index is 1.77. The molecule has 43 heavy (non-hydrogen) atoms. The third-order valence-electron chi connectivity index (χ3n) is 6.97. The number of rotatable bonds is 13. The molecule has 3 rings (SSSR count). The van der Waals surface area contributed by atoms with Crippen LogP contribution in [-0.2, 0) is 43.9 Å². The Bertz CT molecular complexity index is 1290. The van der Waals surface area contributed by atoms with E-state index < -0.39 is 93.9 Å². The predicted octanol–water partition coefficient (Wildman–Crippen LogP) is -2.28. The van der Waals surface area contributed by atoms with Crippen LogP contribution in [0.4, 0.5) is 5.69 Å². The van der Waals surface area contributed by atoms with Crippen molar-refractivity contribution in [2.45, 2.75) is 67.1 Å². The summed E-state index contributed by atoms with van der Waals surface area (Å²) in [5.41, 5.74) is 8.16. The molecule has 22 heteroatoms. The minimum Gasteiger partial charge on any atom is -0.397 e. The predicted molar refractivity (Wildman–Crippen MR) is 150 cm³/mol. The first-order valence-electron chi connectivity index (χ1n) is 12.2. The number of ether oxygens (including phenoxy) is 3. The van der Waals surface area contributed by atoms with E-state index in [-0.39, 0.29) is 16.1 Å². The van der Waals surface area contributed by atoms with Gasteiger partial charge in [-0.15, -0.1) is 17.9 Å². The van der Waals surface area contributed by atoms with Crippen LogP contribution in [0.25, 0.3) is 0 Å². The van der Waals surface area contributed by atoms with Gasteiger partial charge in [0.15, 0.2) is 6.29 Å². The van der Waals surface area contributed by atoms with Crippen molar-refractivity contribution in [1.82, 2.24) is 0 Å². The SMILES string of the molecule is C=C[C@]1(OC)[C@H](c2csc(C(N)=O)c2N)O[C@](C)(COP(O)(=S)OP(=O)(O)OC2OC([C@@H](O)CO)C(O)C(O)C2O)[C@H]1O. The van der Waals surface area contributed by atoms with Crippen LogP contribution >= 0.6 is 25.9 Å². The van der Waals surface area contributed by atoms with Crippen LogP contribution in [0.5, 0.6) is 0 Å². The second-order valence-electron chi connectivity index (χ2n) is 9.86. The molecule has 0 aromatic carbocycles. The maximum atomic E-state index is 12.7. The van der Waals surface area contributed by atoms with Gasteiger partial charge in [-0.3, -0.25) is 9.32 Å². The van der Waals surface area contributed by atoms with Crippen molar-refractivity contribution in [2.24, 2.45) is 5.73 Å². The van der Waals surface area contributed by atoms with Gasteiger partial charge in [-0.1, -0.05) is 6.08 Å². The molecule has 0 saturated carbocycles. The van der Waals surface area contributed by atoms with E-state index >= 15 is 0 Å². The number of hydrogen-bond donors (Lipinski definition) is 10. The average Bonchev–Trinajstić information content (AvgIpc) is 3.41. The Hall–Kier alpha value is -0.970. The number of carbonyl (C=O) groups is 1. The number of carbonyl (C=O) groups excluding carboxylic acids is 1. The number of nitrogen functional groups attached to an aromatic ring is 1. The zero-order valence-corrected chi connectivity index (χ0v) is 26.0. The standard InChI is InChI=1S/C21H34N2O16P2S2/c1-4-21(34-3)16(8-6-43-15(10(8)22)17(23)29)37-20(2,19(21)30)7-35-41(33,42)39-40(31,32)38-18-13(28)11(26)12(27)14(36-18)9(25)5-24/h4,6,9,11-14,16,18-19,24-28,30H,1,5,7,22H2,2-3H3,(H2,23,29)(H,31,32)(H,33,42)/t9-,11?,12?,13?,14?,16-,18?,19+,20+,21-,41?/m0/s1. The summed E-state index contributed by atoms with van der Waals surface area (Å²) in [5.74, 6) is -0.800. The normalized spacial score (nSPS) is 38.2. The van der Waals surface area contributed by atoms with Crippen molar-refractivity contribution in [3.8, 4) is 0 Å². The van der Waals surface area contributed by atoms with Gasteiger partial charge in [-0.25, -0.2) is 8.88 Å². The maximum Gasteiger partial charge on any atom is 0.481 e. The first-order chi connectivity index (χ1) is 19.8. The van der Waals surface area contributed by atoms with Gasteiger partial charge in [-0.05, 0) is 24.1 Å². The smallest absolute Gasteiger partial charge is 0.397 e. The van der Waals surface area contributed by atoms with Crippen molar-refractivity contribution in [3.05, 3.63) is 28.5 Å². The number of methoxy groups -OCH3 is 1. The first-order valence-corrected chi connectivity index (χ1v) is 17.2. The molecule has 2 saturated heterocycles. The van der Waals surface area contributed by atoms with E-state index in [4.69, 9.17) is 47.1 Å². The Morgan fingerprint density at radius 3 is 2.42 bits per heavy atom. The molecule has 246 valence electrons. The van der Waals surface area contributed by atoms with E-state index in [9.17, 15) is 44.7 Å². The largest absolute Gasteiger partial charge is 0.481 e. The highest BCUT2D eigenvalue weighted by atomic mass is 32.5. The molecule has 0 radical (unpaired) electrons. The van der Waals surface area contributed by atoms with Crippen molar-refractivity contribution >= 4 is 49.3 Å². The summed E-state index contributed by atoms with van der Waals surface area (Å²) < 4.78 is 43.8. The van der Waals surface area contributed by atoms with E-state index in [1.54, 1.807) is 0 Å². The minimum absolute atomic E-state index is 0.0243. The number of aliphatic hydroxyl groups excluding tert-OH is 6. The van der Waals surface area contributed by atoms with Gasteiger partial charge in [-0.2, -0.15) is 0 Å². The third kappa shape index (κ3) is 7.22. The van der Waals surface area contributed by atoms with Gasteiger partial charge in [0, 0.05) is 12.7 Å². The quantitative estimate of drug-likeness (QED) is 0.0767. The number of amides is 1. The van der Waals surface area contributed by atoms with E-state index in [1.807, 2.05) is 0 Å². The molecule has 1 aromatic heterocycles. The van der Waals surface area contributed by atoms with E-state index in [2.05, 4.69) is 15.4 Å². The molecule has 0 aliphatic carbocycles. The number of phosphoric ester groups is 1. The fourth-order valence-electron chi connectivity index (χ4n) is 4.66. The van der Waals surface area contributed by atoms with E-state index in [1.165, 1.54) is 25.5 Å². The molecule has 1 aromatic rings. The zero-order chi connectivity index (χ0) is 32.7. The van der Waals surface area contributed by atoms with Gasteiger partial charge >= 0.3 is 14.5 Å². The summed E-state index contributed by atoms with van der Waals surface area (Å²) in [7, 11) is -4.25. The molecule has 0 spiro atoms. The molecule has 2 aliphatic rings. The zero-order valence-electron chi connectivity index (χ0n) is 22.6. The summed E-state index contributed by atoms with van der Waals surface area (Å²) in [6.45, 7) is -1.47.